The number of fused-ring (bicyclic) bond motifs is 1. The minimum Gasteiger partial charge on any atom is -0.394 e. The average Bonchev–Trinajstić information content (AvgIpc) is 3.32. The number of amides is 3. The lowest BCUT2D eigenvalue weighted by Crippen LogP contribution is -2.57. The van der Waals surface area contributed by atoms with E-state index >= 15 is 0 Å². The number of benzene rings is 1. The van der Waals surface area contributed by atoms with Crippen LogP contribution in [-0.4, -0.2) is 64.2 Å². The second-order valence-corrected chi connectivity index (χ2v) is 9.98. The van der Waals surface area contributed by atoms with Crippen molar-refractivity contribution in [1.82, 2.24) is 15.5 Å². The fourth-order valence-corrected chi connectivity index (χ4v) is 6.18. The fraction of sp³-hybridized carbons (Fsp3) is 0.640. The van der Waals surface area contributed by atoms with Crippen LogP contribution in [0.25, 0.3) is 0 Å². The molecule has 1 aromatic carbocycles. The van der Waals surface area contributed by atoms with Gasteiger partial charge in [-0.2, -0.15) is 0 Å². The fourth-order valence-electron chi connectivity index (χ4n) is 6.18. The number of hydrogen-bond acceptors (Lipinski definition) is 5. The van der Waals surface area contributed by atoms with E-state index in [1.165, 1.54) is 4.90 Å². The summed E-state index contributed by atoms with van der Waals surface area (Å²) in [5.74, 6) is -2.25. The van der Waals surface area contributed by atoms with E-state index < -0.39 is 35.1 Å². The molecule has 33 heavy (non-hydrogen) atoms. The van der Waals surface area contributed by atoms with Gasteiger partial charge in [-0.15, -0.1) is 0 Å². The molecule has 3 amide bonds. The van der Waals surface area contributed by atoms with Crippen molar-refractivity contribution in [3.05, 3.63) is 35.9 Å². The van der Waals surface area contributed by atoms with E-state index in [2.05, 4.69) is 10.6 Å². The number of nitrogens with one attached hydrogen (secondary N) is 2. The summed E-state index contributed by atoms with van der Waals surface area (Å²) in [5.41, 5.74) is -0.978. The van der Waals surface area contributed by atoms with Crippen molar-refractivity contribution in [3.8, 4) is 0 Å². The van der Waals surface area contributed by atoms with Crippen LogP contribution in [0.4, 0.5) is 0 Å². The molecule has 3 saturated heterocycles. The second-order valence-electron chi connectivity index (χ2n) is 9.98. The van der Waals surface area contributed by atoms with Gasteiger partial charge in [-0.1, -0.05) is 44.2 Å². The van der Waals surface area contributed by atoms with Gasteiger partial charge in [0.1, 0.15) is 11.6 Å². The monoisotopic (exact) mass is 457 g/mol. The first-order chi connectivity index (χ1) is 15.7. The van der Waals surface area contributed by atoms with Crippen molar-refractivity contribution >= 4 is 17.7 Å². The van der Waals surface area contributed by atoms with Crippen LogP contribution in [0.15, 0.2) is 30.3 Å². The molecule has 2 bridgehead atoms. The molecule has 4 rings (SSSR count). The van der Waals surface area contributed by atoms with Crippen LogP contribution in [0.5, 0.6) is 0 Å². The first kappa shape index (κ1) is 23.7. The van der Waals surface area contributed by atoms with Gasteiger partial charge < -0.3 is 25.4 Å². The Morgan fingerprint density at radius 1 is 1.24 bits per heavy atom. The van der Waals surface area contributed by atoms with Gasteiger partial charge in [0.25, 0.3) is 0 Å². The van der Waals surface area contributed by atoms with E-state index in [9.17, 15) is 19.5 Å². The summed E-state index contributed by atoms with van der Waals surface area (Å²) in [5, 5.41) is 15.8. The predicted octanol–water partition coefficient (Wildman–Crippen LogP) is 1.22. The van der Waals surface area contributed by atoms with Gasteiger partial charge in [0, 0.05) is 13.1 Å². The van der Waals surface area contributed by atoms with Crippen LogP contribution in [0.2, 0.25) is 0 Å². The molecular weight excluding hydrogens is 422 g/mol. The SMILES string of the molecule is CCCNC(=O)[C@H]1[C@H]2C(=O)N([C@H](C)CO)C(C(=O)NCc3ccccc3)C23CC(C)[C@]1(C)O3. The molecule has 8 nitrogen and oxygen atoms in total. The Labute approximate surface area is 195 Å². The highest BCUT2D eigenvalue weighted by Crippen LogP contribution is 2.65. The Morgan fingerprint density at radius 2 is 1.94 bits per heavy atom. The van der Waals surface area contributed by atoms with Crippen molar-refractivity contribution in [1.29, 1.82) is 0 Å². The lowest BCUT2D eigenvalue weighted by atomic mass is 9.62. The van der Waals surface area contributed by atoms with Crippen LogP contribution in [-0.2, 0) is 25.7 Å². The van der Waals surface area contributed by atoms with Crippen molar-refractivity contribution < 1.29 is 24.2 Å². The third-order valence-electron chi connectivity index (χ3n) is 7.88. The summed E-state index contributed by atoms with van der Waals surface area (Å²) in [7, 11) is 0. The number of rotatable bonds is 8. The summed E-state index contributed by atoms with van der Waals surface area (Å²) in [4.78, 5) is 42.1. The lowest BCUT2D eigenvalue weighted by molar-refractivity contribution is -0.150. The molecule has 0 aliphatic carbocycles. The Bertz CT molecular complexity index is 924. The zero-order chi connectivity index (χ0) is 24.0. The molecule has 1 aromatic rings. The third-order valence-corrected chi connectivity index (χ3v) is 7.88. The smallest absolute Gasteiger partial charge is 0.246 e. The van der Waals surface area contributed by atoms with Crippen molar-refractivity contribution in [2.45, 2.75) is 70.4 Å². The normalized spacial score (nSPS) is 35.4. The molecule has 1 spiro atoms. The van der Waals surface area contributed by atoms with Crippen molar-refractivity contribution in [3.63, 3.8) is 0 Å². The highest BCUT2D eigenvalue weighted by atomic mass is 16.5. The van der Waals surface area contributed by atoms with Gasteiger partial charge in [0.15, 0.2) is 0 Å². The van der Waals surface area contributed by atoms with Gasteiger partial charge in [-0.3, -0.25) is 14.4 Å². The molecule has 3 N–H and O–H groups in total. The summed E-state index contributed by atoms with van der Waals surface area (Å²) in [6.45, 7) is 8.17. The minimum absolute atomic E-state index is 0.00673. The summed E-state index contributed by atoms with van der Waals surface area (Å²) < 4.78 is 6.61. The molecule has 3 aliphatic heterocycles. The van der Waals surface area contributed by atoms with Gasteiger partial charge >= 0.3 is 0 Å². The summed E-state index contributed by atoms with van der Waals surface area (Å²) >= 11 is 0. The molecule has 180 valence electrons. The van der Waals surface area contributed by atoms with Gasteiger partial charge in [0.05, 0.1) is 30.1 Å². The molecule has 3 fully saturated rings. The lowest BCUT2D eigenvalue weighted by Gasteiger charge is -2.36. The van der Waals surface area contributed by atoms with E-state index in [-0.39, 0.29) is 30.2 Å². The standard InChI is InChI=1S/C25H35N3O5/c1-5-11-26-21(30)18-19-23(32)28(16(3)14-29)20(25(19)12-15(2)24(18,4)33-25)22(31)27-13-17-9-7-6-8-10-17/h6-10,15-16,18-20,29H,5,11-14H2,1-4H3,(H,26,30)(H,27,31)/t15?,16-,18-,19+,20?,24+,25?/m1/s1. The molecule has 3 heterocycles. The third kappa shape index (κ3) is 3.54. The number of carbonyl (C=O) groups is 3. The quantitative estimate of drug-likeness (QED) is 0.544. The minimum atomic E-state index is -1.09. The molecule has 0 saturated carbocycles. The van der Waals surface area contributed by atoms with Gasteiger partial charge in [0.2, 0.25) is 17.7 Å². The molecule has 8 heteroatoms. The van der Waals surface area contributed by atoms with Crippen LogP contribution < -0.4 is 10.6 Å². The van der Waals surface area contributed by atoms with E-state index in [0.717, 1.165) is 12.0 Å². The number of carbonyl (C=O) groups excluding carboxylic acids is 3. The highest BCUT2D eigenvalue weighted by Gasteiger charge is 2.80. The van der Waals surface area contributed by atoms with Gasteiger partial charge in [-0.25, -0.2) is 0 Å². The number of likely N-dealkylation sites (tertiary alicyclic amines) is 1. The van der Waals surface area contributed by atoms with E-state index in [1.54, 1.807) is 6.92 Å². The topological polar surface area (TPSA) is 108 Å². The number of aliphatic hydroxyl groups is 1. The number of hydrogen-bond donors (Lipinski definition) is 3. The Hall–Kier alpha value is -2.45. The highest BCUT2D eigenvalue weighted by molar-refractivity contribution is 5.99. The largest absolute Gasteiger partial charge is 0.394 e. The predicted molar refractivity (Wildman–Crippen MR) is 122 cm³/mol. The van der Waals surface area contributed by atoms with Crippen LogP contribution >= 0.6 is 0 Å². The molecule has 0 radical (unpaired) electrons. The zero-order valence-corrected chi connectivity index (χ0v) is 19.8. The average molecular weight is 458 g/mol. The summed E-state index contributed by atoms with van der Waals surface area (Å²) in [6.07, 6.45) is 1.29. The maximum Gasteiger partial charge on any atom is 0.246 e. The molecule has 3 aliphatic rings. The first-order valence-electron chi connectivity index (χ1n) is 11.9. The Kier molecular flexibility index (Phi) is 6.26. The maximum absolute atomic E-state index is 13.8. The molecule has 0 aromatic heterocycles. The number of aliphatic hydroxyl groups excluding tert-OH is 1. The second kappa shape index (κ2) is 8.72. The first-order valence-corrected chi connectivity index (χ1v) is 11.9. The molecule has 7 atom stereocenters. The van der Waals surface area contributed by atoms with Crippen LogP contribution in [0, 0.1) is 17.8 Å². The zero-order valence-electron chi connectivity index (χ0n) is 19.8. The molecular formula is C25H35N3O5. The van der Waals surface area contributed by atoms with Gasteiger partial charge in [-0.05, 0) is 38.2 Å². The maximum atomic E-state index is 13.8. The number of nitrogens with zero attached hydrogens (tertiary/aromatic N) is 1. The Morgan fingerprint density at radius 3 is 2.58 bits per heavy atom. The van der Waals surface area contributed by atoms with Crippen molar-refractivity contribution in [2.75, 3.05) is 13.2 Å². The van der Waals surface area contributed by atoms with E-state index in [0.29, 0.717) is 19.5 Å². The van der Waals surface area contributed by atoms with E-state index in [4.69, 9.17) is 4.74 Å². The number of ether oxygens (including phenoxy) is 1. The Balaban J connectivity index is 1.70. The van der Waals surface area contributed by atoms with Crippen LogP contribution in [0.3, 0.4) is 0 Å². The summed E-state index contributed by atoms with van der Waals surface area (Å²) in [6, 6.07) is 8.07. The molecule has 3 unspecified atom stereocenters. The van der Waals surface area contributed by atoms with E-state index in [1.807, 2.05) is 51.1 Å². The van der Waals surface area contributed by atoms with Crippen LogP contribution in [0.1, 0.15) is 46.1 Å². The van der Waals surface area contributed by atoms with Crippen molar-refractivity contribution in [2.24, 2.45) is 17.8 Å².